The second kappa shape index (κ2) is 9.87. The van der Waals surface area contributed by atoms with E-state index < -0.39 is 6.10 Å². The van der Waals surface area contributed by atoms with Crippen LogP contribution in [0.15, 0.2) is 24.3 Å². The summed E-state index contributed by atoms with van der Waals surface area (Å²) < 4.78 is 11.7. The van der Waals surface area contributed by atoms with Gasteiger partial charge < -0.3 is 19.5 Å². The summed E-state index contributed by atoms with van der Waals surface area (Å²) in [6.07, 6.45) is 4.68. The summed E-state index contributed by atoms with van der Waals surface area (Å²) in [6.45, 7) is 11.1. The Kier molecular flexibility index (Phi) is 7.53. The van der Waals surface area contributed by atoms with E-state index in [1.807, 2.05) is 12.1 Å². The number of nitrogens with zero attached hydrogens (tertiary/aromatic N) is 2. The number of hydrogen-bond acceptors (Lipinski definition) is 5. The summed E-state index contributed by atoms with van der Waals surface area (Å²) in [7, 11) is 0. The molecule has 0 aliphatic carbocycles. The first-order valence-corrected chi connectivity index (χ1v) is 10.5. The predicted molar refractivity (Wildman–Crippen MR) is 108 cm³/mol. The van der Waals surface area contributed by atoms with Gasteiger partial charge in [0, 0.05) is 26.2 Å². The highest BCUT2D eigenvalue weighted by molar-refractivity contribution is 5.28. The van der Waals surface area contributed by atoms with Gasteiger partial charge in [-0.2, -0.15) is 0 Å². The molecule has 3 rings (SSSR count). The van der Waals surface area contributed by atoms with E-state index in [1.165, 1.54) is 31.2 Å². The number of aliphatic hydroxyl groups excluding tert-OH is 1. The lowest BCUT2D eigenvalue weighted by atomic mass is 10.1. The minimum absolute atomic E-state index is 0.0796. The molecule has 1 N–H and O–H groups in total. The summed E-state index contributed by atoms with van der Waals surface area (Å²) in [4.78, 5) is 4.80. The molecular formula is C22H36N2O3. The number of β-amino-alcohol motifs (C(OH)–C–C–N with tert-alkyl or cyclic N) is 1. The van der Waals surface area contributed by atoms with Crippen LogP contribution in [0.25, 0.3) is 0 Å². The molecule has 2 fully saturated rings. The molecule has 5 nitrogen and oxygen atoms in total. The van der Waals surface area contributed by atoms with E-state index in [0.29, 0.717) is 13.2 Å². The van der Waals surface area contributed by atoms with Crippen molar-refractivity contribution in [1.29, 1.82) is 0 Å². The zero-order valence-electron chi connectivity index (χ0n) is 17.0. The number of hydrogen-bond donors (Lipinski definition) is 1. The summed E-state index contributed by atoms with van der Waals surface area (Å²) in [6, 6.07) is 8.26. The van der Waals surface area contributed by atoms with Gasteiger partial charge in [0.15, 0.2) is 0 Å². The van der Waals surface area contributed by atoms with Crippen LogP contribution < -0.4 is 4.74 Å². The Bertz CT molecular complexity index is 570. The first kappa shape index (κ1) is 20.6. The van der Waals surface area contributed by atoms with Gasteiger partial charge in [0.05, 0.1) is 12.2 Å². The smallest absolute Gasteiger partial charge is 0.119 e. The highest BCUT2D eigenvalue weighted by atomic mass is 16.5. The average Bonchev–Trinajstić information content (AvgIpc) is 2.88. The number of rotatable bonds is 7. The van der Waals surface area contributed by atoms with Gasteiger partial charge in [-0.25, -0.2) is 0 Å². The molecular weight excluding hydrogens is 340 g/mol. The first-order chi connectivity index (χ1) is 13.0. The largest absolute Gasteiger partial charge is 0.491 e. The lowest BCUT2D eigenvalue weighted by Crippen LogP contribution is -2.47. The molecule has 1 atom stereocenters. The van der Waals surface area contributed by atoms with Crippen molar-refractivity contribution in [1.82, 2.24) is 9.80 Å². The number of ether oxygens (including phenoxy) is 2. The van der Waals surface area contributed by atoms with Crippen LogP contribution in [0.5, 0.6) is 5.75 Å². The van der Waals surface area contributed by atoms with Gasteiger partial charge in [0.1, 0.15) is 18.5 Å². The normalized spacial score (nSPS) is 22.9. The van der Waals surface area contributed by atoms with Crippen molar-refractivity contribution in [2.75, 3.05) is 45.9 Å². The van der Waals surface area contributed by atoms with Crippen LogP contribution in [0.3, 0.4) is 0 Å². The SMILES string of the molecule is CC1(C)CN(Cc2cccc(OC[C@@H](O)CN3CCCCCC3)c2)CCO1. The van der Waals surface area contributed by atoms with Crippen LogP contribution in [0, 0.1) is 0 Å². The minimum Gasteiger partial charge on any atom is -0.491 e. The van der Waals surface area contributed by atoms with E-state index in [-0.39, 0.29) is 5.60 Å². The Balaban J connectivity index is 1.45. The standard InChI is InChI=1S/C22H36N2O3/c1-22(2)18-24(12-13-27-22)15-19-8-7-9-21(14-19)26-17-20(25)16-23-10-5-3-4-6-11-23/h7-9,14,20,25H,3-6,10-13,15-18H2,1-2H3/t20-/m0/s1. The number of benzene rings is 1. The maximum Gasteiger partial charge on any atom is 0.119 e. The van der Waals surface area contributed by atoms with Crippen LogP contribution in [0.2, 0.25) is 0 Å². The summed E-state index contributed by atoms with van der Waals surface area (Å²) in [5.74, 6) is 0.843. The van der Waals surface area contributed by atoms with Crippen LogP contribution >= 0.6 is 0 Å². The molecule has 2 heterocycles. The van der Waals surface area contributed by atoms with Gasteiger partial charge in [0.2, 0.25) is 0 Å². The highest BCUT2D eigenvalue weighted by Crippen LogP contribution is 2.20. The highest BCUT2D eigenvalue weighted by Gasteiger charge is 2.27. The van der Waals surface area contributed by atoms with Gasteiger partial charge in [-0.3, -0.25) is 4.90 Å². The maximum absolute atomic E-state index is 10.4. The van der Waals surface area contributed by atoms with Crippen LogP contribution in [0.1, 0.15) is 45.1 Å². The van der Waals surface area contributed by atoms with Crippen LogP contribution in [-0.2, 0) is 11.3 Å². The zero-order chi connectivity index (χ0) is 19.1. The van der Waals surface area contributed by atoms with Crippen molar-refractivity contribution in [3.8, 4) is 5.75 Å². The topological polar surface area (TPSA) is 45.2 Å². The van der Waals surface area contributed by atoms with Gasteiger partial charge in [-0.15, -0.1) is 0 Å². The van der Waals surface area contributed by atoms with E-state index in [9.17, 15) is 5.11 Å². The Morgan fingerprint density at radius 3 is 2.63 bits per heavy atom. The molecule has 0 spiro atoms. The molecule has 0 amide bonds. The van der Waals surface area contributed by atoms with Crippen molar-refractivity contribution >= 4 is 0 Å². The molecule has 1 aromatic carbocycles. The lowest BCUT2D eigenvalue weighted by Gasteiger charge is -2.38. The van der Waals surface area contributed by atoms with Gasteiger partial charge in [-0.1, -0.05) is 25.0 Å². The molecule has 0 aromatic heterocycles. The minimum atomic E-state index is -0.438. The fourth-order valence-corrected chi connectivity index (χ4v) is 4.10. The van der Waals surface area contributed by atoms with Crippen molar-refractivity contribution in [3.63, 3.8) is 0 Å². The second-order valence-electron chi connectivity index (χ2n) is 8.65. The lowest BCUT2D eigenvalue weighted by molar-refractivity contribution is -0.0882. The van der Waals surface area contributed by atoms with Crippen LogP contribution in [0.4, 0.5) is 0 Å². The molecule has 0 unspecified atom stereocenters. The van der Waals surface area contributed by atoms with Crippen LogP contribution in [-0.4, -0.2) is 72.5 Å². The van der Waals surface area contributed by atoms with Crippen molar-refractivity contribution in [2.45, 2.75) is 57.8 Å². The second-order valence-corrected chi connectivity index (χ2v) is 8.65. The fourth-order valence-electron chi connectivity index (χ4n) is 4.10. The Morgan fingerprint density at radius 1 is 1.11 bits per heavy atom. The number of morpholine rings is 1. The maximum atomic E-state index is 10.4. The third-order valence-corrected chi connectivity index (χ3v) is 5.42. The molecule has 5 heteroatoms. The number of likely N-dealkylation sites (tertiary alicyclic amines) is 1. The molecule has 27 heavy (non-hydrogen) atoms. The van der Waals surface area contributed by atoms with E-state index >= 15 is 0 Å². The molecule has 0 bridgehead atoms. The molecule has 2 aliphatic rings. The quantitative estimate of drug-likeness (QED) is 0.793. The monoisotopic (exact) mass is 376 g/mol. The Hall–Kier alpha value is -1.14. The van der Waals surface area contributed by atoms with Crippen molar-refractivity contribution in [3.05, 3.63) is 29.8 Å². The molecule has 1 aromatic rings. The van der Waals surface area contributed by atoms with E-state index in [1.54, 1.807) is 0 Å². The molecule has 0 radical (unpaired) electrons. The summed E-state index contributed by atoms with van der Waals surface area (Å²) in [5.41, 5.74) is 1.16. The Labute approximate surface area is 164 Å². The Morgan fingerprint density at radius 2 is 1.89 bits per heavy atom. The van der Waals surface area contributed by atoms with E-state index in [4.69, 9.17) is 9.47 Å². The molecule has 152 valence electrons. The van der Waals surface area contributed by atoms with E-state index in [2.05, 4.69) is 35.8 Å². The van der Waals surface area contributed by atoms with Crippen molar-refractivity contribution < 1.29 is 14.6 Å². The third kappa shape index (κ3) is 7.07. The fraction of sp³-hybridized carbons (Fsp3) is 0.727. The zero-order valence-corrected chi connectivity index (χ0v) is 17.0. The van der Waals surface area contributed by atoms with Gasteiger partial charge in [0.25, 0.3) is 0 Å². The van der Waals surface area contributed by atoms with Crippen molar-refractivity contribution in [2.24, 2.45) is 0 Å². The average molecular weight is 377 g/mol. The van der Waals surface area contributed by atoms with Gasteiger partial charge in [-0.05, 0) is 57.5 Å². The summed E-state index contributed by atoms with van der Waals surface area (Å²) >= 11 is 0. The number of aliphatic hydroxyl groups is 1. The first-order valence-electron chi connectivity index (χ1n) is 10.5. The third-order valence-electron chi connectivity index (χ3n) is 5.42. The van der Waals surface area contributed by atoms with E-state index in [0.717, 1.165) is 45.1 Å². The molecule has 2 aliphatic heterocycles. The molecule has 0 saturated carbocycles. The molecule has 2 saturated heterocycles. The predicted octanol–water partition coefficient (Wildman–Crippen LogP) is 2.91. The summed E-state index contributed by atoms with van der Waals surface area (Å²) in [5, 5.41) is 10.4. The van der Waals surface area contributed by atoms with Gasteiger partial charge >= 0.3 is 0 Å².